The average molecular weight is 618 g/mol. The van der Waals surface area contributed by atoms with Gasteiger partial charge < -0.3 is 19.3 Å². The quantitative estimate of drug-likeness (QED) is 0.307. The summed E-state index contributed by atoms with van der Waals surface area (Å²) in [7, 11) is 2.04. The van der Waals surface area contributed by atoms with Crippen molar-refractivity contribution in [2.45, 2.75) is 175 Å². The number of carbonyl (C=O) groups is 1. The van der Waals surface area contributed by atoms with Gasteiger partial charge in [-0.05, 0) is 132 Å². The maximum Gasteiger partial charge on any atom is 0.323 e. The Labute approximate surface area is 269 Å². The van der Waals surface area contributed by atoms with E-state index < -0.39 is 5.60 Å². The van der Waals surface area contributed by atoms with Crippen LogP contribution in [0.5, 0.6) is 0 Å². The second-order valence-electron chi connectivity index (χ2n) is 17.3. The molecule has 6 nitrogen and oxygen atoms in total. The van der Waals surface area contributed by atoms with Crippen LogP contribution in [-0.4, -0.2) is 72.2 Å². The van der Waals surface area contributed by atoms with Gasteiger partial charge in [-0.15, -0.1) is 0 Å². The molecule has 6 rings (SSSR count). The number of rotatable bonds is 6. The van der Waals surface area contributed by atoms with Crippen LogP contribution in [0.3, 0.4) is 0 Å². The first kappa shape index (κ1) is 34.6. The fourth-order valence-corrected chi connectivity index (χ4v) is 11.5. The van der Waals surface area contributed by atoms with E-state index in [0.717, 1.165) is 32.2 Å². The predicted molar refractivity (Wildman–Crippen MR) is 176 cm³/mol. The van der Waals surface area contributed by atoms with Crippen LogP contribution in [0.15, 0.2) is 0 Å². The maximum atomic E-state index is 13.1. The average Bonchev–Trinajstić information content (AvgIpc) is 3.45. The van der Waals surface area contributed by atoms with Gasteiger partial charge in [0.2, 0.25) is 0 Å². The van der Waals surface area contributed by atoms with Crippen LogP contribution in [0.4, 0.5) is 0 Å². The van der Waals surface area contributed by atoms with E-state index in [4.69, 9.17) is 14.2 Å². The van der Waals surface area contributed by atoms with Gasteiger partial charge >= 0.3 is 5.97 Å². The molecule has 2 heterocycles. The highest BCUT2D eigenvalue weighted by molar-refractivity contribution is 5.77. The number of hydrogen-bond donors (Lipinski definition) is 1. The van der Waals surface area contributed by atoms with Crippen LogP contribution < -0.4 is 0 Å². The number of ether oxygens (including phenoxy) is 3. The van der Waals surface area contributed by atoms with Gasteiger partial charge in [0.25, 0.3) is 0 Å². The molecule has 0 amide bonds. The largest absolute Gasteiger partial charge is 0.461 e. The molecule has 11 unspecified atom stereocenters. The number of nitrogens with zero attached hydrogens (tertiary/aromatic N) is 1. The third-order valence-corrected chi connectivity index (χ3v) is 14.3. The molecule has 0 radical (unpaired) electrons. The van der Waals surface area contributed by atoms with Crippen molar-refractivity contribution in [3.8, 4) is 0 Å². The smallest absolute Gasteiger partial charge is 0.323 e. The molecule has 0 aromatic rings. The van der Waals surface area contributed by atoms with E-state index in [-0.39, 0.29) is 41.8 Å². The van der Waals surface area contributed by atoms with Crippen molar-refractivity contribution >= 4 is 5.97 Å². The van der Waals surface area contributed by atoms with Gasteiger partial charge in [0.1, 0.15) is 18.2 Å². The standard InChI is InChI=1S/C36H61NO5.C2H6/c1-9-40-30(33(4,5)39)26-14-13-24-27(41-26)21-23-11-10-12-28-32(2,3)29(42-31(38)25-16-20-37(25)8)15-17-36(28)22-34(36,6)18-19-35(23,24)7;1-2/h23-30,39H,9-22H2,1-8H3;1-2H3. The monoisotopic (exact) mass is 618 g/mol. The molecule has 6 fully saturated rings. The third kappa shape index (κ3) is 5.72. The second-order valence-corrected chi connectivity index (χ2v) is 17.3. The minimum absolute atomic E-state index is 0.00186. The van der Waals surface area contributed by atoms with Crippen molar-refractivity contribution in [3.05, 3.63) is 0 Å². The Bertz CT molecular complexity index is 1020. The molecule has 0 aromatic carbocycles. The lowest BCUT2D eigenvalue weighted by Gasteiger charge is -2.52. The molecule has 0 aromatic heterocycles. The molecule has 4 saturated carbocycles. The minimum atomic E-state index is -0.911. The lowest BCUT2D eigenvalue weighted by Crippen LogP contribution is -2.54. The first-order chi connectivity index (χ1) is 20.7. The number of carbonyl (C=O) groups excluding carboxylic acids is 1. The van der Waals surface area contributed by atoms with Gasteiger partial charge in [-0.1, -0.05) is 48.0 Å². The summed E-state index contributed by atoms with van der Waals surface area (Å²) >= 11 is 0. The number of likely N-dealkylation sites (tertiary alicyclic amines) is 1. The van der Waals surface area contributed by atoms with Crippen molar-refractivity contribution in [3.63, 3.8) is 0 Å². The summed E-state index contributed by atoms with van der Waals surface area (Å²) in [6.07, 6.45) is 14.2. The Morgan fingerprint density at radius 3 is 2.36 bits per heavy atom. The van der Waals surface area contributed by atoms with Crippen molar-refractivity contribution in [1.82, 2.24) is 4.90 Å². The number of aliphatic hydroxyl groups is 1. The highest BCUT2D eigenvalue weighted by Gasteiger charge is 2.72. The first-order valence-electron chi connectivity index (χ1n) is 18.6. The van der Waals surface area contributed by atoms with Crippen LogP contribution >= 0.6 is 0 Å². The van der Waals surface area contributed by atoms with E-state index in [9.17, 15) is 9.90 Å². The van der Waals surface area contributed by atoms with Crippen molar-refractivity contribution in [1.29, 1.82) is 0 Å². The summed E-state index contributed by atoms with van der Waals surface area (Å²) in [5, 5.41) is 10.9. The fourth-order valence-electron chi connectivity index (χ4n) is 11.5. The zero-order chi connectivity index (χ0) is 32.3. The highest BCUT2D eigenvalue weighted by Crippen LogP contribution is 2.79. The molecule has 2 aliphatic heterocycles. The molecule has 6 aliphatic rings. The molecule has 2 saturated heterocycles. The zero-order valence-electron chi connectivity index (χ0n) is 30.0. The summed E-state index contributed by atoms with van der Waals surface area (Å²) < 4.78 is 19.3. The van der Waals surface area contributed by atoms with Crippen LogP contribution in [0.2, 0.25) is 0 Å². The highest BCUT2D eigenvalue weighted by atomic mass is 16.6. The van der Waals surface area contributed by atoms with Gasteiger partial charge in [0, 0.05) is 18.6 Å². The van der Waals surface area contributed by atoms with Gasteiger partial charge in [-0.3, -0.25) is 9.69 Å². The van der Waals surface area contributed by atoms with Crippen LogP contribution in [-0.2, 0) is 19.0 Å². The van der Waals surface area contributed by atoms with E-state index in [1.807, 2.05) is 41.7 Å². The molecular weight excluding hydrogens is 550 g/mol. The van der Waals surface area contributed by atoms with Gasteiger partial charge in [0.15, 0.2) is 0 Å². The summed E-state index contributed by atoms with van der Waals surface area (Å²) in [5.41, 5.74) is 0.204. The van der Waals surface area contributed by atoms with Crippen molar-refractivity contribution in [2.75, 3.05) is 20.2 Å². The maximum absolute atomic E-state index is 13.1. The van der Waals surface area contributed by atoms with E-state index in [2.05, 4.69) is 32.6 Å². The molecule has 11 atom stereocenters. The molecule has 254 valence electrons. The first-order valence-corrected chi connectivity index (χ1v) is 18.6. The number of esters is 1. The Hall–Kier alpha value is -0.690. The van der Waals surface area contributed by atoms with Crippen LogP contribution in [0.25, 0.3) is 0 Å². The Balaban J connectivity index is 0.00000188. The van der Waals surface area contributed by atoms with Crippen LogP contribution in [0, 0.1) is 39.4 Å². The van der Waals surface area contributed by atoms with Gasteiger partial charge in [-0.2, -0.15) is 0 Å². The third-order valence-electron chi connectivity index (χ3n) is 14.3. The summed E-state index contributed by atoms with van der Waals surface area (Å²) in [4.78, 5) is 15.2. The lowest BCUT2D eigenvalue weighted by atomic mass is 9.55. The van der Waals surface area contributed by atoms with Crippen molar-refractivity contribution in [2.24, 2.45) is 39.4 Å². The second kappa shape index (κ2) is 12.4. The topological polar surface area (TPSA) is 68.2 Å². The van der Waals surface area contributed by atoms with Crippen molar-refractivity contribution < 1.29 is 24.1 Å². The minimum Gasteiger partial charge on any atom is -0.461 e. The molecule has 44 heavy (non-hydrogen) atoms. The lowest BCUT2D eigenvalue weighted by molar-refractivity contribution is -0.193. The van der Waals surface area contributed by atoms with Gasteiger partial charge in [-0.25, -0.2) is 0 Å². The Morgan fingerprint density at radius 1 is 1.02 bits per heavy atom. The molecule has 0 bridgehead atoms. The SMILES string of the molecule is CC.CCOC(C1CCC2C(CC3CCCC4C(C)(C)C(OC(=O)C5CCN5C)CCC45CC5(C)CCC32C)O1)C(C)(C)O. The number of fused-ring (bicyclic) bond motifs is 3. The molecule has 1 spiro atoms. The predicted octanol–water partition coefficient (Wildman–Crippen LogP) is 7.79. The normalized spacial score (nSPS) is 45.6. The summed E-state index contributed by atoms with van der Waals surface area (Å²) in [6, 6.07) is -0.0374. The number of hydrogen-bond acceptors (Lipinski definition) is 6. The van der Waals surface area contributed by atoms with E-state index in [1.54, 1.807) is 0 Å². The Morgan fingerprint density at radius 2 is 1.75 bits per heavy atom. The van der Waals surface area contributed by atoms with E-state index in [0.29, 0.717) is 40.6 Å². The summed E-state index contributed by atoms with van der Waals surface area (Å²) in [5.74, 6) is 1.90. The van der Waals surface area contributed by atoms with Crippen LogP contribution in [0.1, 0.15) is 139 Å². The fraction of sp³-hybridized carbons (Fsp3) is 0.974. The zero-order valence-corrected chi connectivity index (χ0v) is 30.0. The number of likely N-dealkylation sites (N-methyl/N-ethyl adjacent to an activating group) is 1. The van der Waals surface area contributed by atoms with E-state index in [1.165, 1.54) is 51.4 Å². The van der Waals surface area contributed by atoms with E-state index >= 15 is 0 Å². The molecule has 4 aliphatic carbocycles. The Kier molecular flexibility index (Phi) is 9.76. The molecular formula is C38H67NO5. The molecule has 1 N–H and O–H groups in total. The van der Waals surface area contributed by atoms with Gasteiger partial charge in [0.05, 0.1) is 17.8 Å². The summed E-state index contributed by atoms with van der Waals surface area (Å²) in [6.45, 7) is 21.4. The molecule has 6 heteroatoms.